The van der Waals surface area contributed by atoms with E-state index >= 15 is 0 Å². The van der Waals surface area contributed by atoms with E-state index in [9.17, 15) is 4.79 Å². The Kier molecular flexibility index (Phi) is 3.00. The van der Waals surface area contributed by atoms with Crippen LogP contribution in [0.3, 0.4) is 0 Å². The van der Waals surface area contributed by atoms with Crippen molar-refractivity contribution < 1.29 is 4.79 Å². The molecule has 0 N–H and O–H groups in total. The van der Waals surface area contributed by atoms with Gasteiger partial charge in [-0.1, -0.05) is 23.2 Å². The van der Waals surface area contributed by atoms with Crippen molar-refractivity contribution in [2.45, 2.75) is 0 Å². The Morgan fingerprint density at radius 2 is 2.13 bits per heavy atom. The van der Waals surface area contributed by atoms with Gasteiger partial charge in [0.1, 0.15) is 5.15 Å². The molecule has 2 aromatic heterocycles. The van der Waals surface area contributed by atoms with Crippen LogP contribution in [-0.4, -0.2) is 16.3 Å². The van der Waals surface area contributed by atoms with E-state index in [-0.39, 0.29) is 0 Å². The van der Waals surface area contributed by atoms with Crippen LogP contribution in [0.1, 0.15) is 10.4 Å². The monoisotopic (exact) mass is 258 g/mol. The number of hydrogen-bond acceptors (Lipinski definition) is 4. The lowest BCUT2D eigenvalue weighted by Crippen LogP contribution is -1.90. The molecule has 0 fully saturated rings. The lowest BCUT2D eigenvalue weighted by molar-refractivity contribution is 0.112. The molecule has 0 unspecified atom stereocenters. The van der Waals surface area contributed by atoms with Gasteiger partial charge in [-0.25, -0.2) is 4.98 Å². The zero-order valence-electron chi connectivity index (χ0n) is 7.28. The normalized spacial score (nSPS) is 10.3. The molecular weight excluding hydrogens is 255 g/mol. The van der Waals surface area contributed by atoms with E-state index in [1.807, 2.05) is 0 Å². The third kappa shape index (κ3) is 2.02. The molecule has 0 saturated carbocycles. The summed E-state index contributed by atoms with van der Waals surface area (Å²) in [5, 5.41) is 0.763. The average molecular weight is 259 g/mol. The van der Waals surface area contributed by atoms with Crippen LogP contribution >= 0.6 is 34.5 Å². The predicted octanol–water partition coefficient (Wildman–Crippen LogP) is 3.32. The van der Waals surface area contributed by atoms with Crippen LogP contribution in [0.15, 0.2) is 17.8 Å². The molecule has 0 radical (unpaired) electrons. The molecule has 0 saturated heterocycles. The van der Waals surface area contributed by atoms with Crippen LogP contribution in [0.4, 0.5) is 0 Å². The molecule has 0 aromatic carbocycles. The Bertz CT molecular complexity index is 513. The van der Waals surface area contributed by atoms with Crippen LogP contribution in [0.5, 0.6) is 0 Å². The number of pyridine rings is 1. The number of aldehydes is 1. The van der Waals surface area contributed by atoms with Crippen molar-refractivity contribution >= 4 is 40.8 Å². The van der Waals surface area contributed by atoms with E-state index in [1.165, 1.54) is 17.5 Å². The van der Waals surface area contributed by atoms with Gasteiger partial charge >= 0.3 is 0 Å². The largest absolute Gasteiger partial charge is 0.298 e. The van der Waals surface area contributed by atoms with Gasteiger partial charge < -0.3 is 0 Å². The Hall–Kier alpha value is -0.970. The van der Waals surface area contributed by atoms with Gasteiger partial charge in [-0.2, -0.15) is 0 Å². The van der Waals surface area contributed by atoms with Crippen molar-refractivity contribution in [2.75, 3.05) is 0 Å². The van der Waals surface area contributed by atoms with Crippen molar-refractivity contribution in [3.8, 4) is 10.6 Å². The first kappa shape index (κ1) is 10.5. The molecular formula is C9H4Cl2N2OS. The Labute approximate surface area is 99.7 Å². The third-order valence-corrected chi connectivity index (χ3v) is 3.19. The number of carbonyl (C=O) groups is 1. The smallest absolute Gasteiger partial charge is 0.152 e. The van der Waals surface area contributed by atoms with Gasteiger partial charge in [0.25, 0.3) is 0 Å². The number of halogens is 2. The highest BCUT2D eigenvalue weighted by Crippen LogP contribution is 2.32. The summed E-state index contributed by atoms with van der Waals surface area (Å²) in [5.41, 5.74) is 2.53. The second-order valence-electron chi connectivity index (χ2n) is 2.68. The van der Waals surface area contributed by atoms with E-state index in [2.05, 4.69) is 9.97 Å². The van der Waals surface area contributed by atoms with Gasteiger partial charge in [-0.05, 0) is 6.07 Å². The number of thiazole rings is 1. The minimum Gasteiger partial charge on any atom is -0.298 e. The van der Waals surface area contributed by atoms with E-state index in [1.54, 1.807) is 11.6 Å². The van der Waals surface area contributed by atoms with Crippen LogP contribution in [0, 0.1) is 0 Å². The SMILES string of the molecule is O=Cc1cc(Cl)cnc1-c1scnc1Cl. The van der Waals surface area contributed by atoms with Gasteiger partial charge in [-0.3, -0.25) is 9.78 Å². The fourth-order valence-corrected chi connectivity index (χ4v) is 2.31. The summed E-state index contributed by atoms with van der Waals surface area (Å²) in [6, 6.07) is 1.55. The van der Waals surface area contributed by atoms with Gasteiger partial charge in [0.15, 0.2) is 6.29 Å². The molecule has 0 aliphatic rings. The highest BCUT2D eigenvalue weighted by Gasteiger charge is 2.12. The summed E-state index contributed by atoms with van der Waals surface area (Å²) in [5.74, 6) is 0. The van der Waals surface area contributed by atoms with Crippen molar-refractivity contribution in [2.24, 2.45) is 0 Å². The van der Waals surface area contributed by atoms with Gasteiger partial charge in [0.2, 0.25) is 0 Å². The van der Waals surface area contributed by atoms with Crippen LogP contribution in [0.25, 0.3) is 10.6 Å². The molecule has 6 heteroatoms. The lowest BCUT2D eigenvalue weighted by Gasteiger charge is -2.01. The summed E-state index contributed by atoms with van der Waals surface area (Å²) < 4.78 is 0. The predicted molar refractivity (Wildman–Crippen MR) is 60.8 cm³/mol. The second-order valence-corrected chi connectivity index (χ2v) is 4.33. The molecule has 2 rings (SSSR count). The van der Waals surface area contributed by atoms with Crippen molar-refractivity contribution in [3.05, 3.63) is 33.5 Å². The summed E-state index contributed by atoms with van der Waals surface area (Å²) in [6.07, 6.45) is 2.17. The Balaban J connectivity index is 2.63. The van der Waals surface area contributed by atoms with E-state index < -0.39 is 0 Å². The number of hydrogen-bond donors (Lipinski definition) is 0. The van der Waals surface area contributed by atoms with Crippen molar-refractivity contribution in [3.63, 3.8) is 0 Å². The topological polar surface area (TPSA) is 42.9 Å². The molecule has 3 nitrogen and oxygen atoms in total. The number of aromatic nitrogens is 2. The van der Waals surface area contributed by atoms with E-state index in [4.69, 9.17) is 23.2 Å². The number of nitrogens with zero attached hydrogens (tertiary/aromatic N) is 2. The van der Waals surface area contributed by atoms with Gasteiger partial charge in [-0.15, -0.1) is 11.3 Å². The van der Waals surface area contributed by atoms with Crippen molar-refractivity contribution in [1.29, 1.82) is 0 Å². The summed E-state index contributed by atoms with van der Waals surface area (Å²) in [7, 11) is 0. The van der Waals surface area contributed by atoms with Crippen LogP contribution < -0.4 is 0 Å². The molecule has 0 aliphatic carbocycles. The molecule has 0 bridgehead atoms. The number of carbonyl (C=O) groups excluding carboxylic acids is 1. The molecule has 2 aromatic rings. The molecule has 15 heavy (non-hydrogen) atoms. The molecule has 0 aliphatic heterocycles. The highest BCUT2D eigenvalue weighted by atomic mass is 35.5. The highest BCUT2D eigenvalue weighted by molar-refractivity contribution is 7.13. The second kappa shape index (κ2) is 4.26. The Morgan fingerprint density at radius 3 is 2.73 bits per heavy atom. The zero-order chi connectivity index (χ0) is 10.8. The summed E-state index contributed by atoms with van der Waals surface area (Å²) >= 11 is 12.9. The first-order valence-electron chi connectivity index (χ1n) is 3.92. The maximum Gasteiger partial charge on any atom is 0.152 e. The third-order valence-electron chi connectivity index (χ3n) is 1.75. The quantitative estimate of drug-likeness (QED) is 0.777. The van der Waals surface area contributed by atoms with E-state index in [0.29, 0.717) is 32.6 Å². The fraction of sp³-hybridized carbons (Fsp3) is 0. The van der Waals surface area contributed by atoms with Crippen LogP contribution in [-0.2, 0) is 0 Å². The summed E-state index contributed by atoms with van der Waals surface area (Å²) in [4.78, 5) is 19.5. The summed E-state index contributed by atoms with van der Waals surface area (Å²) in [6.45, 7) is 0. The van der Waals surface area contributed by atoms with Crippen LogP contribution in [0.2, 0.25) is 10.2 Å². The molecule has 0 amide bonds. The maximum absolute atomic E-state index is 10.8. The fourth-order valence-electron chi connectivity index (χ4n) is 1.12. The molecule has 0 spiro atoms. The Morgan fingerprint density at radius 1 is 1.33 bits per heavy atom. The lowest BCUT2D eigenvalue weighted by atomic mass is 10.2. The molecule has 76 valence electrons. The van der Waals surface area contributed by atoms with Gasteiger partial charge in [0.05, 0.1) is 21.1 Å². The minimum absolute atomic E-state index is 0.345. The minimum atomic E-state index is 0.345. The first-order chi connectivity index (χ1) is 7.22. The number of rotatable bonds is 2. The maximum atomic E-state index is 10.8. The standard InChI is InChI=1S/C9H4Cl2N2OS/c10-6-1-5(3-14)7(12-2-6)8-9(11)13-4-15-8/h1-4H. The van der Waals surface area contributed by atoms with E-state index in [0.717, 1.165) is 0 Å². The first-order valence-corrected chi connectivity index (χ1v) is 5.56. The molecule has 0 atom stereocenters. The average Bonchev–Trinajstić information content (AvgIpc) is 2.64. The zero-order valence-corrected chi connectivity index (χ0v) is 9.60. The van der Waals surface area contributed by atoms with Gasteiger partial charge in [0, 0.05) is 11.8 Å². The molecule has 2 heterocycles. The van der Waals surface area contributed by atoms with Crippen molar-refractivity contribution in [1.82, 2.24) is 9.97 Å².